The molecule has 7 rings (SSSR count). The molecule has 0 saturated carbocycles. The highest BCUT2D eigenvalue weighted by molar-refractivity contribution is 5.74. The van der Waals surface area contributed by atoms with Gasteiger partial charge in [0, 0.05) is 20.8 Å². The molecule has 7 saturated heterocycles. The van der Waals surface area contributed by atoms with Crippen molar-refractivity contribution in [1.29, 1.82) is 0 Å². The van der Waals surface area contributed by atoms with E-state index in [9.17, 15) is 111 Å². The molecule has 7 aliphatic rings. The summed E-state index contributed by atoms with van der Waals surface area (Å²) in [5.41, 5.74) is 0. The maximum Gasteiger partial charge on any atom is 0.217 e. The number of carbonyl (C=O) groups is 3. The smallest absolute Gasteiger partial charge is 0.217 e. The highest BCUT2D eigenvalue weighted by Gasteiger charge is 2.59. The Balaban J connectivity index is 1.18. The molecule has 0 spiro atoms. The molecule has 0 aromatic heterocycles. The Labute approximate surface area is 488 Å². The summed E-state index contributed by atoms with van der Waals surface area (Å²) < 4.78 is 75.9. The summed E-state index contributed by atoms with van der Waals surface area (Å²) in [4.78, 5) is 37.4. The fourth-order valence-electron chi connectivity index (χ4n) is 11.0. The van der Waals surface area contributed by atoms with Crippen LogP contribution in [0.3, 0.4) is 0 Å². The van der Waals surface area contributed by atoms with Crippen LogP contribution in [0.15, 0.2) is 0 Å². The van der Waals surface area contributed by atoms with Gasteiger partial charge in [0.25, 0.3) is 0 Å². The molecule has 7 fully saturated rings. The van der Waals surface area contributed by atoms with Crippen LogP contribution in [-0.4, -0.2) is 369 Å². The van der Waals surface area contributed by atoms with Gasteiger partial charge in [0.05, 0.1) is 45.7 Å². The SMILES string of the molecule is CC(=O)N[C@@H]1[C@@H](O)[C@H](O[C@@H]2O[C@H](CO)[C@@H](O[C@@H]3O[C@H](CO[C@H]4O[C@H](CO)[C@@H](O)[C@H](O)[C@@H]4O[C@@H]4O[C@H](CO)[C@@H](O)[C@H](O[C@@H]5O[C@@H](C)[C@@H](O)[C@@H](O)[C@@H]5O)[C@H]4NC(C)=O)[C@@H](O)[C@H](O[C@H]4O[C@H](CO)[C@@H](O)[C@H](O)[C@@H]4O)[C@@H]3O)[C@H](O)[C@H]2NC(C)=O)[C@@H](CO)O[C@H]1O. The van der Waals surface area contributed by atoms with E-state index in [1.54, 1.807) is 0 Å². The lowest BCUT2D eigenvalue weighted by atomic mass is 9.94. The van der Waals surface area contributed by atoms with Gasteiger partial charge in [-0.1, -0.05) is 0 Å². The minimum Gasteiger partial charge on any atom is -0.394 e. The van der Waals surface area contributed by atoms with Crippen LogP contribution in [0.1, 0.15) is 27.7 Å². The Morgan fingerprint density at radius 2 is 0.698 bits per heavy atom. The van der Waals surface area contributed by atoms with Gasteiger partial charge in [-0.2, -0.15) is 0 Å². The third kappa shape index (κ3) is 15.4. The Hall–Kier alpha value is -2.87. The van der Waals surface area contributed by atoms with E-state index in [1.807, 2.05) is 0 Å². The molecule has 0 aliphatic carbocycles. The number of aliphatic hydroxyl groups is 19. The zero-order chi connectivity index (χ0) is 63.5. The average Bonchev–Trinajstić information content (AvgIpc) is 1.22. The maximum atomic E-state index is 12.8. The molecule has 3 amide bonds. The highest BCUT2D eigenvalue weighted by Crippen LogP contribution is 2.37. The Kier molecular flexibility index (Phi) is 25.0. The number of aliphatic hydroxyl groups excluding tert-OH is 19. The second kappa shape index (κ2) is 30.5. The van der Waals surface area contributed by atoms with Gasteiger partial charge in [-0.05, 0) is 6.92 Å². The second-order valence-corrected chi connectivity index (χ2v) is 21.8. The highest BCUT2D eigenvalue weighted by atomic mass is 16.8. The quantitative estimate of drug-likeness (QED) is 0.0507. The predicted octanol–water partition coefficient (Wildman–Crippen LogP) is -14.8. The number of amides is 3. The largest absolute Gasteiger partial charge is 0.394 e. The molecule has 0 radical (unpaired) electrons. The van der Waals surface area contributed by atoms with Crippen LogP contribution in [0.25, 0.3) is 0 Å². The van der Waals surface area contributed by atoms with Crippen LogP contribution in [0, 0.1) is 0 Å². The minimum atomic E-state index is -2.33. The summed E-state index contributed by atoms with van der Waals surface area (Å²) in [6.07, 6.45) is -61.6. The second-order valence-electron chi connectivity index (χ2n) is 21.8. The van der Waals surface area contributed by atoms with Crippen LogP contribution >= 0.6 is 0 Å². The summed E-state index contributed by atoms with van der Waals surface area (Å²) in [5.74, 6) is -2.44. The Bertz CT molecular complexity index is 2170. The number of hydrogen-bond donors (Lipinski definition) is 22. The Morgan fingerprint density at radius 3 is 1.27 bits per heavy atom. The summed E-state index contributed by atoms with van der Waals surface area (Å²) in [7, 11) is 0. The molecular formula is C48H81N3O35. The molecule has 0 unspecified atom stereocenters. The van der Waals surface area contributed by atoms with E-state index in [4.69, 9.17) is 61.6 Å². The van der Waals surface area contributed by atoms with Gasteiger partial charge < -0.3 is 175 Å². The summed E-state index contributed by atoms with van der Waals surface area (Å²) >= 11 is 0. The van der Waals surface area contributed by atoms with E-state index in [2.05, 4.69) is 16.0 Å². The van der Waals surface area contributed by atoms with E-state index in [1.165, 1.54) is 6.92 Å². The fourth-order valence-corrected chi connectivity index (χ4v) is 11.0. The third-order valence-corrected chi connectivity index (χ3v) is 15.7. The molecule has 86 heavy (non-hydrogen) atoms. The molecule has 7 heterocycles. The number of rotatable bonds is 21. The first kappa shape index (κ1) is 70.6. The van der Waals surface area contributed by atoms with E-state index < -0.39 is 272 Å². The number of hydrogen-bond acceptors (Lipinski definition) is 35. The molecule has 22 N–H and O–H groups in total. The average molecular weight is 1260 g/mol. The van der Waals surface area contributed by atoms with Crippen molar-refractivity contribution in [2.75, 3.05) is 39.6 Å². The van der Waals surface area contributed by atoms with E-state index >= 15 is 0 Å². The lowest BCUT2D eigenvalue weighted by molar-refractivity contribution is -0.388. The van der Waals surface area contributed by atoms with Gasteiger partial charge in [-0.15, -0.1) is 0 Å². The molecule has 0 aromatic rings. The summed E-state index contributed by atoms with van der Waals surface area (Å²) in [6, 6.07) is -5.10. The molecular weight excluding hydrogens is 1180 g/mol. The number of ether oxygens (including phenoxy) is 13. The van der Waals surface area contributed by atoms with Gasteiger partial charge >= 0.3 is 0 Å². The topological polar surface area (TPSA) is 592 Å². The first-order chi connectivity index (χ1) is 40.6. The van der Waals surface area contributed by atoms with E-state index in [0.717, 1.165) is 20.8 Å². The fraction of sp³-hybridized carbons (Fsp3) is 0.938. The molecule has 38 heteroatoms. The first-order valence-corrected chi connectivity index (χ1v) is 27.5. The van der Waals surface area contributed by atoms with Gasteiger partial charge in [0.1, 0.15) is 165 Å². The van der Waals surface area contributed by atoms with Crippen molar-refractivity contribution in [2.45, 2.75) is 242 Å². The third-order valence-electron chi connectivity index (χ3n) is 15.7. The van der Waals surface area contributed by atoms with Crippen LogP contribution in [0.2, 0.25) is 0 Å². The van der Waals surface area contributed by atoms with E-state index in [-0.39, 0.29) is 0 Å². The van der Waals surface area contributed by atoms with Gasteiger partial charge in [-0.25, -0.2) is 0 Å². The lowest BCUT2D eigenvalue weighted by Crippen LogP contribution is -2.70. The summed E-state index contributed by atoms with van der Waals surface area (Å²) in [5, 5.41) is 214. The van der Waals surface area contributed by atoms with Crippen molar-refractivity contribution in [2.24, 2.45) is 0 Å². The maximum absolute atomic E-state index is 12.8. The van der Waals surface area contributed by atoms with Gasteiger partial charge in [-0.3, -0.25) is 14.4 Å². The monoisotopic (exact) mass is 1260 g/mol. The van der Waals surface area contributed by atoms with Crippen LogP contribution in [-0.2, 0) is 76.0 Å². The lowest BCUT2D eigenvalue weighted by Gasteiger charge is -2.50. The minimum absolute atomic E-state index is 0.735. The normalized spacial score (nSPS) is 49.4. The molecule has 35 atom stereocenters. The molecule has 7 aliphatic heterocycles. The van der Waals surface area contributed by atoms with E-state index in [0.29, 0.717) is 0 Å². The van der Waals surface area contributed by atoms with Crippen molar-refractivity contribution < 1.29 is 173 Å². The van der Waals surface area contributed by atoms with Crippen molar-refractivity contribution in [3.8, 4) is 0 Å². The molecule has 38 nitrogen and oxygen atoms in total. The molecule has 0 aromatic carbocycles. The summed E-state index contributed by atoms with van der Waals surface area (Å²) in [6.45, 7) is -1.68. The van der Waals surface area contributed by atoms with Crippen LogP contribution < -0.4 is 16.0 Å². The standard InChI is InChI=1S/C48H81N3O35/c1-11-24(60)31(67)34(70)45(75-11)84-39-23(51-14(4)59)44(77-17(7-54)27(39)63)86-41-33(69)26(62)16(6-53)79-48(41)74-10-20-28(64)40(85-46-35(71)32(68)25(61)15(5-52)78-46)36(72)47(81-20)83-38-19(9-56)80-43(22(30(38)66)50-13(3)58)82-37-18(8-55)76-42(73)21(29(37)65)49-12(2)57/h11,15-48,52-56,60-73H,5-10H2,1-4H3,(H,49,57)(H,50,58)(H,51,59)/t11-,15+,16+,17+,18+,19+,20+,21+,22+,23+,24+,25+,26+,27+,28+,29+,30+,31+,32-,33-,34-,35-,36-,37+,38+,39+,40-,41-,42+,43-,44-,45-,46+,47-,48-/m0/s1. The van der Waals surface area contributed by atoms with Crippen molar-refractivity contribution in [1.82, 2.24) is 16.0 Å². The van der Waals surface area contributed by atoms with Gasteiger partial charge in [0.15, 0.2) is 44.0 Å². The first-order valence-electron chi connectivity index (χ1n) is 27.5. The number of carbonyl (C=O) groups excluding carboxylic acids is 3. The van der Waals surface area contributed by atoms with Crippen molar-refractivity contribution in [3.63, 3.8) is 0 Å². The molecule has 498 valence electrons. The van der Waals surface area contributed by atoms with Gasteiger partial charge in [0.2, 0.25) is 17.7 Å². The van der Waals surface area contributed by atoms with Crippen LogP contribution in [0.4, 0.5) is 0 Å². The predicted molar refractivity (Wildman–Crippen MR) is 265 cm³/mol. The molecule has 0 bridgehead atoms. The zero-order valence-electron chi connectivity index (χ0n) is 46.5. The van der Waals surface area contributed by atoms with Crippen molar-refractivity contribution >= 4 is 17.7 Å². The Morgan fingerprint density at radius 1 is 0.326 bits per heavy atom. The number of nitrogens with one attached hydrogen (secondary N) is 3. The zero-order valence-corrected chi connectivity index (χ0v) is 46.5. The van der Waals surface area contributed by atoms with Crippen LogP contribution in [0.5, 0.6) is 0 Å². The van der Waals surface area contributed by atoms with Crippen molar-refractivity contribution in [3.05, 3.63) is 0 Å².